The zero-order valence-corrected chi connectivity index (χ0v) is 12.1. The molecule has 0 saturated carbocycles. The predicted molar refractivity (Wildman–Crippen MR) is 75.7 cm³/mol. The van der Waals surface area contributed by atoms with Gasteiger partial charge in [0, 0.05) is 19.6 Å². The number of hydrogen-bond acceptors (Lipinski definition) is 4. The Morgan fingerprint density at radius 3 is 2.63 bits per heavy atom. The number of benzene rings is 1. The molecule has 104 valence electrons. The predicted octanol–water partition coefficient (Wildman–Crippen LogP) is 1.35. The van der Waals surface area contributed by atoms with Crippen LogP contribution in [-0.2, 0) is 10.0 Å². The van der Waals surface area contributed by atoms with Crippen LogP contribution in [0.4, 0.5) is 0 Å². The van der Waals surface area contributed by atoms with Gasteiger partial charge in [0.05, 0.1) is 4.90 Å². The Hall–Kier alpha value is -1.56. The van der Waals surface area contributed by atoms with E-state index < -0.39 is 10.0 Å². The number of sulfonamides is 1. The van der Waals surface area contributed by atoms with Crippen molar-refractivity contribution in [3.05, 3.63) is 29.8 Å². The van der Waals surface area contributed by atoms with Crippen LogP contribution in [0.3, 0.4) is 0 Å². The topological polar surface area (TPSA) is 61.8 Å². The van der Waals surface area contributed by atoms with E-state index in [0.29, 0.717) is 12.5 Å². The first-order valence-corrected chi connectivity index (χ1v) is 7.90. The molecule has 0 atom stereocenters. The summed E-state index contributed by atoms with van der Waals surface area (Å²) in [5.74, 6) is 0.453. The Labute approximate surface area is 114 Å². The standard InChI is InChI=1S/C13H19N3O2S/c1-3-16-10-4-9-14-13(16)15-19(17,18)12-7-5-11(2)6-8-12/h5-8H,3-4,9-10H2,1-2H3,(H,14,15). The Morgan fingerprint density at radius 2 is 2.00 bits per heavy atom. The Bertz CT molecular complexity index is 564. The Morgan fingerprint density at radius 1 is 1.32 bits per heavy atom. The molecule has 1 aliphatic heterocycles. The second-order valence-corrected chi connectivity index (χ2v) is 6.24. The molecule has 1 heterocycles. The molecular weight excluding hydrogens is 262 g/mol. The maximum atomic E-state index is 12.3. The molecule has 0 unspecified atom stereocenters. The van der Waals surface area contributed by atoms with E-state index >= 15 is 0 Å². The van der Waals surface area contributed by atoms with E-state index in [9.17, 15) is 8.42 Å². The van der Waals surface area contributed by atoms with E-state index in [-0.39, 0.29) is 4.90 Å². The molecule has 0 bridgehead atoms. The van der Waals surface area contributed by atoms with Crippen molar-refractivity contribution in [1.82, 2.24) is 9.62 Å². The first kappa shape index (κ1) is 13.9. The molecule has 0 aliphatic carbocycles. The van der Waals surface area contributed by atoms with E-state index in [2.05, 4.69) is 9.71 Å². The first-order chi connectivity index (χ1) is 9.03. The molecule has 1 aliphatic rings. The summed E-state index contributed by atoms with van der Waals surface area (Å²) in [6.45, 7) is 6.16. The maximum Gasteiger partial charge on any atom is 0.264 e. The van der Waals surface area contributed by atoms with Crippen molar-refractivity contribution in [2.24, 2.45) is 4.99 Å². The number of aryl methyl sites for hydroxylation is 1. The van der Waals surface area contributed by atoms with E-state index in [0.717, 1.165) is 25.1 Å². The lowest BCUT2D eigenvalue weighted by atomic mass is 10.2. The molecule has 0 saturated heterocycles. The lowest BCUT2D eigenvalue weighted by Gasteiger charge is -2.28. The zero-order chi connectivity index (χ0) is 13.9. The quantitative estimate of drug-likeness (QED) is 0.910. The van der Waals surface area contributed by atoms with Crippen molar-refractivity contribution < 1.29 is 8.42 Å². The summed E-state index contributed by atoms with van der Waals surface area (Å²) in [5, 5.41) is 0. The minimum atomic E-state index is -3.54. The summed E-state index contributed by atoms with van der Waals surface area (Å²) in [5.41, 5.74) is 1.03. The molecule has 2 rings (SSSR count). The fraction of sp³-hybridized carbons (Fsp3) is 0.462. The fourth-order valence-corrected chi connectivity index (χ4v) is 3.00. The molecule has 0 fully saturated rings. The van der Waals surface area contributed by atoms with Crippen molar-refractivity contribution in [2.75, 3.05) is 19.6 Å². The van der Waals surface area contributed by atoms with Gasteiger partial charge >= 0.3 is 0 Å². The lowest BCUT2D eigenvalue weighted by molar-refractivity contribution is 0.403. The monoisotopic (exact) mass is 281 g/mol. The molecule has 1 N–H and O–H groups in total. The van der Waals surface area contributed by atoms with Gasteiger partial charge in [-0.25, -0.2) is 13.1 Å². The number of hydrogen-bond donors (Lipinski definition) is 1. The third-order valence-electron chi connectivity index (χ3n) is 3.09. The van der Waals surface area contributed by atoms with Gasteiger partial charge in [0.15, 0.2) is 0 Å². The van der Waals surface area contributed by atoms with Crippen LogP contribution in [-0.4, -0.2) is 38.9 Å². The van der Waals surface area contributed by atoms with Crippen LogP contribution >= 0.6 is 0 Å². The Kier molecular flexibility index (Phi) is 4.09. The normalized spacial score (nSPS) is 16.1. The summed E-state index contributed by atoms with van der Waals surface area (Å²) < 4.78 is 27.1. The molecular formula is C13H19N3O2S. The average molecular weight is 281 g/mol. The van der Waals surface area contributed by atoms with Gasteiger partial charge in [-0.2, -0.15) is 0 Å². The number of nitrogens with zero attached hydrogens (tertiary/aromatic N) is 2. The van der Waals surface area contributed by atoms with Crippen LogP contribution < -0.4 is 4.72 Å². The second-order valence-electron chi connectivity index (χ2n) is 4.56. The smallest absolute Gasteiger partial charge is 0.264 e. The maximum absolute atomic E-state index is 12.3. The second kappa shape index (κ2) is 5.61. The third kappa shape index (κ3) is 3.26. The van der Waals surface area contributed by atoms with Crippen molar-refractivity contribution >= 4 is 16.0 Å². The van der Waals surface area contributed by atoms with Crippen LogP contribution in [0.5, 0.6) is 0 Å². The van der Waals surface area contributed by atoms with Gasteiger partial charge in [0.2, 0.25) is 5.96 Å². The molecule has 1 aromatic carbocycles. The van der Waals surface area contributed by atoms with Gasteiger partial charge in [-0.1, -0.05) is 17.7 Å². The number of guanidine groups is 1. The summed E-state index contributed by atoms with van der Waals surface area (Å²) in [4.78, 5) is 6.47. The number of nitrogens with one attached hydrogen (secondary N) is 1. The molecule has 0 radical (unpaired) electrons. The van der Waals surface area contributed by atoms with Crippen LogP contribution in [0.1, 0.15) is 18.9 Å². The minimum absolute atomic E-state index is 0.266. The van der Waals surface area contributed by atoms with E-state index in [1.165, 1.54) is 0 Å². The SMILES string of the molecule is CCN1CCCN=C1NS(=O)(=O)c1ccc(C)cc1. The molecule has 19 heavy (non-hydrogen) atoms. The number of aliphatic imine (C=N–C) groups is 1. The molecule has 6 heteroatoms. The van der Waals surface area contributed by atoms with E-state index in [4.69, 9.17) is 0 Å². The minimum Gasteiger partial charge on any atom is -0.342 e. The zero-order valence-electron chi connectivity index (χ0n) is 11.3. The summed E-state index contributed by atoms with van der Waals surface area (Å²) >= 11 is 0. The van der Waals surface area contributed by atoms with Crippen molar-refractivity contribution in [3.8, 4) is 0 Å². The van der Waals surface area contributed by atoms with Crippen LogP contribution in [0.15, 0.2) is 34.2 Å². The summed E-state index contributed by atoms with van der Waals surface area (Å²) in [7, 11) is -3.54. The third-order valence-corrected chi connectivity index (χ3v) is 4.43. The highest BCUT2D eigenvalue weighted by molar-refractivity contribution is 7.90. The Balaban J connectivity index is 2.21. The van der Waals surface area contributed by atoms with Crippen molar-refractivity contribution in [1.29, 1.82) is 0 Å². The van der Waals surface area contributed by atoms with Gasteiger partial charge in [0.25, 0.3) is 10.0 Å². The highest BCUT2D eigenvalue weighted by atomic mass is 32.2. The average Bonchev–Trinajstić information content (AvgIpc) is 2.39. The van der Waals surface area contributed by atoms with Crippen molar-refractivity contribution in [3.63, 3.8) is 0 Å². The highest BCUT2D eigenvalue weighted by Gasteiger charge is 2.21. The van der Waals surface area contributed by atoms with Gasteiger partial charge in [-0.15, -0.1) is 0 Å². The molecule has 1 aromatic rings. The molecule has 5 nitrogen and oxygen atoms in total. The highest BCUT2D eigenvalue weighted by Crippen LogP contribution is 2.11. The molecule has 0 spiro atoms. The first-order valence-electron chi connectivity index (χ1n) is 6.42. The van der Waals surface area contributed by atoms with Gasteiger partial charge in [0.1, 0.15) is 0 Å². The summed E-state index contributed by atoms with van der Waals surface area (Å²) in [6, 6.07) is 6.79. The van der Waals surface area contributed by atoms with E-state index in [1.54, 1.807) is 24.3 Å². The van der Waals surface area contributed by atoms with Gasteiger partial charge < -0.3 is 4.90 Å². The van der Waals surface area contributed by atoms with Crippen LogP contribution in [0.25, 0.3) is 0 Å². The molecule has 0 amide bonds. The van der Waals surface area contributed by atoms with Crippen molar-refractivity contribution in [2.45, 2.75) is 25.2 Å². The molecule has 0 aromatic heterocycles. The summed E-state index contributed by atoms with van der Waals surface area (Å²) in [6.07, 6.45) is 0.962. The van der Waals surface area contributed by atoms with Gasteiger partial charge in [-0.3, -0.25) is 4.99 Å². The fourth-order valence-electron chi connectivity index (χ4n) is 1.95. The van der Waals surface area contributed by atoms with Gasteiger partial charge in [-0.05, 0) is 32.4 Å². The van der Waals surface area contributed by atoms with Crippen LogP contribution in [0.2, 0.25) is 0 Å². The van der Waals surface area contributed by atoms with Crippen LogP contribution in [0, 0.1) is 6.92 Å². The lowest BCUT2D eigenvalue weighted by Crippen LogP contribution is -2.46. The van der Waals surface area contributed by atoms with E-state index in [1.807, 2.05) is 18.7 Å². The largest absolute Gasteiger partial charge is 0.342 e. The number of rotatable bonds is 3.